The maximum Gasteiger partial charge on any atom is 0.408 e. The second-order valence-electron chi connectivity index (χ2n) is 6.49. The summed E-state index contributed by atoms with van der Waals surface area (Å²) in [5.74, 6) is 0.600. The zero-order chi connectivity index (χ0) is 15.6. The molecule has 1 fully saturated rings. The van der Waals surface area contributed by atoms with Crippen molar-refractivity contribution in [3.63, 3.8) is 0 Å². The van der Waals surface area contributed by atoms with Gasteiger partial charge in [-0.25, -0.2) is 9.78 Å². The fourth-order valence-electron chi connectivity index (χ4n) is 2.04. The summed E-state index contributed by atoms with van der Waals surface area (Å²) in [4.78, 5) is 15.9. The van der Waals surface area contributed by atoms with E-state index in [1.807, 2.05) is 20.8 Å². The number of pyridine rings is 1. The number of rotatable bonds is 4. The molecule has 0 radical (unpaired) electrons. The Labute approximate surface area is 135 Å². The van der Waals surface area contributed by atoms with Crippen molar-refractivity contribution in [2.24, 2.45) is 5.92 Å². The summed E-state index contributed by atoms with van der Waals surface area (Å²) in [5, 5.41) is 3.41. The van der Waals surface area contributed by atoms with Gasteiger partial charge in [-0.3, -0.25) is 0 Å². The van der Waals surface area contributed by atoms with Crippen molar-refractivity contribution in [2.75, 3.05) is 0 Å². The fraction of sp³-hybridized carbons (Fsp3) is 0.600. The summed E-state index contributed by atoms with van der Waals surface area (Å²) in [6.07, 6.45) is 2.35. The van der Waals surface area contributed by atoms with Crippen molar-refractivity contribution < 1.29 is 9.53 Å². The molecule has 1 aromatic heterocycles. The molecular weight excluding hydrogens is 311 g/mol. The number of ether oxygens (including phenoxy) is 1. The van der Waals surface area contributed by atoms with Crippen molar-refractivity contribution in [3.8, 4) is 0 Å². The predicted octanol–water partition coefficient (Wildman–Crippen LogP) is 4.75. The van der Waals surface area contributed by atoms with Gasteiger partial charge in [-0.2, -0.15) is 0 Å². The van der Waals surface area contributed by atoms with Gasteiger partial charge < -0.3 is 10.1 Å². The van der Waals surface area contributed by atoms with E-state index in [2.05, 4.69) is 10.3 Å². The first-order valence-corrected chi connectivity index (χ1v) is 7.80. The summed E-state index contributed by atoms with van der Waals surface area (Å²) in [7, 11) is 0. The third-order valence-electron chi connectivity index (χ3n) is 3.13. The minimum absolute atomic E-state index is 0.304. The Morgan fingerprint density at radius 2 is 1.95 bits per heavy atom. The van der Waals surface area contributed by atoms with Crippen LogP contribution in [0.1, 0.15) is 51.7 Å². The molecule has 1 N–H and O–H groups in total. The normalized spacial score (nSPS) is 16.4. The Morgan fingerprint density at radius 1 is 1.38 bits per heavy atom. The zero-order valence-corrected chi connectivity index (χ0v) is 14.0. The topological polar surface area (TPSA) is 51.2 Å². The molecule has 0 saturated heterocycles. The average Bonchev–Trinajstić information content (AvgIpc) is 3.08. The lowest BCUT2D eigenvalue weighted by Gasteiger charge is -2.24. The quantitative estimate of drug-likeness (QED) is 0.810. The van der Waals surface area contributed by atoms with Crippen molar-refractivity contribution in [3.05, 3.63) is 28.0 Å². The minimum atomic E-state index is -0.433. The van der Waals surface area contributed by atoms with Gasteiger partial charge in [-0.15, -0.1) is 0 Å². The molecule has 1 aliphatic carbocycles. The summed E-state index contributed by atoms with van der Waals surface area (Å²) in [5.41, 5.74) is 0.449. The Morgan fingerprint density at radius 3 is 2.43 bits per heavy atom. The first-order chi connectivity index (χ1) is 9.73. The van der Waals surface area contributed by atoms with Crippen LogP contribution in [0.5, 0.6) is 0 Å². The van der Waals surface area contributed by atoms with Crippen LogP contribution in [0.3, 0.4) is 0 Å². The lowest BCUT2D eigenvalue weighted by Crippen LogP contribution is -2.41. The molecule has 1 amide bonds. The largest absolute Gasteiger partial charge is 0.441 e. The van der Waals surface area contributed by atoms with Crippen molar-refractivity contribution in [2.45, 2.75) is 51.7 Å². The van der Waals surface area contributed by atoms with Crippen molar-refractivity contribution in [1.29, 1.82) is 0 Å². The van der Waals surface area contributed by atoms with Crippen LogP contribution < -0.4 is 5.32 Å². The Balaban J connectivity index is 2.11. The summed E-state index contributed by atoms with van der Waals surface area (Å²) in [6.45, 7) is 5.72. The molecule has 0 spiro atoms. The molecule has 1 atom stereocenters. The number of hydrogen-bond acceptors (Lipinski definition) is 3. The van der Waals surface area contributed by atoms with Gasteiger partial charge in [0, 0.05) is 5.54 Å². The Kier molecular flexibility index (Phi) is 4.99. The summed E-state index contributed by atoms with van der Waals surface area (Å²) in [6, 6.07) is 3.40. The molecule has 1 unspecified atom stereocenters. The van der Waals surface area contributed by atoms with E-state index in [0.29, 0.717) is 16.2 Å². The molecule has 4 nitrogen and oxygen atoms in total. The zero-order valence-electron chi connectivity index (χ0n) is 12.5. The van der Waals surface area contributed by atoms with Crippen LogP contribution in [0.15, 0.2) is 12.1 Å². The standard InChI is InChI=1S/C15H20Cl2N2O2/c1-15(2,3)19-14(20)21-11(6-9-4-5-9)10-7-12(16)18-13(17)8-10/h7-9,11H,4-6H2,1-3H3,(H,19,20). The number of nitrogens with one attached hydrogen (secondary N) is 1. The molecule has 1 saturated carbocycles. The number of alkyl carbamates (subject to hydrolysis) is 1. The van der Waals surface area contributed by atoms with Gasteiger partial charge in [0.25, 0.3) is 0 Å². The van der Waals surface area contributed by atoms with Crippen LogP contribution in [0, 0.1) is 5.92 Å². The molecule has 116 valence electrons. The second kappa shape index (κ2) is 6.41. The third kappa shape index (κ3) is 5.71. The molecule has 0 aromatic carbocycles. The van der Waals surface area contributed by atoms with Gasteiger partial charge in [0.2, 0.25) is 0 Å². The molecule has 2 rings (SSSR count). The fourth-order valence-corrected chi connectivity index (χ4v) is 2.52. The van der Waals surface area contributed by atoms with Crippen LogP contribution in [0.25, 0.3) is 0 Å². The number of nitrogens with zero attached hydrogens (tertiary/aromatic N) is 1. The van der Waals surface area contributed by atoms with E-state index in [1.54, 1.807) is 12.1 Å². The van der Waals surface area contributed by atoms with E-state index in [9.17, 15) is 4.79 Å². The number of amides is 1. The van der Waals surface area contributed by atoms with E-state index >= 15 is 0 Å². The highest BCUT2D eigenvalue weighted by Crippen LogP contribution is 2.39. The van der Waals surface area contributed by atoms with Crippen LogP contribution in [-0.4, -0.2) is 16.6 Å². The smallest absolute Gasteiger partial charge is 0.408 e. The Hall–Kier alpha value is -1.00. The van der Waals surface area contributed by atoms with Crippen LogP contribution in [-0.2, 0) is 4.74 Å². The van der Waals surface area contributed by atoms with Crippen LogP contribution in [0.2, 0.25) is 10.3 Å². The van der Waals surface area contributed by atoms with Gasteiger partial charge >= 0.3 is 6.09 Å². The van der Waals surface area contributed by atoms with E-state index in [-0.39, 0.29) is 11.6 Å². The number of carbonyl (C=O) groups excluding carboxylic acids is 1. The molecule has 1 aliphatic rings. The molecule has 6 heteroatoms. The van der Waals surface area contributed by atoms with Gasteiger partial charge in [0.05, 0.1) is 0 Å². The maximum absolute atomic E-state index is 12.0. The van der Waals surface area contributed by atoms with E-state index < -0.39 is 6.09 Å². The first kappa shape index (κ1) is 16.4. The maximum atomic E-state index is 12.0. The predicted molar refractivity (Wildman–Crippen MR) is 83.7 cm³/mol. The molecule has 0 bridgehead atoms. The molecular formula is C15H20Cl2N2O2. The summed E-state index contributed by atoms with van der Waals surface area (Å²) < 4.78 is 5.58. The third-order valence-corrected chi connectivity index (χ3v) is 3.51. The number of halogens is 2. The van der Waals surface area contributed by atoms with E-state index in [1.165, 1.54) is 12.8 Å². The van der Waals surface area contributed by atoms with E-state index in [4.69, 9.17) is 27.9 Å². The van der Waals surface area contributed by atoms with Gasteiger partial charge in [-0.1, -0.05) is 36.0 Å². The van der Waals surface area contributed by atoms with Crippen LogP contribution >= 0.6 is 23.2 Å². The molecule has 0 aliphatic heterocycles. The van der Waals surface area contributed by atoms with Gasteiger partial charge in [-0.05, 0) is 50.8 Å². The highest BCUT2D eigenvalue weighted by molar-refractivity contribution is 6.32. The SMILES string of the molecule is CC(C)(C)NC(=O)OC(CC1CC1)c1cc(Cl)nc(Cl)c1. The second-order valence-corrected chi connectivity index (χ2v) is 7.27. The highest BCUT2D eigenvalue weighted by Gasteiger charge is 2.29. The molecule has 1 heterocycles. The number of carbonyl (C=O) groups is 1. The van der Waals surface area contributed by atoms with E-state index in [0.717, 1.165) is 12.0 Å². The minimum Gasteiger partial charge on any atom is -0.441 e. The molecule has 1 aromatic rings. The van der Waals surface area contributed by atoms with Crippen LogP contribution in [0.4, 0.5) is 4.79 Å². The Bertz CT molecular complexity index is 505. The monoisotopic (exact) mass is 330 g/mol. The number of hydrogen-bond donors (Lipinski definition) is 1. The lowest BCUT2D eigenvalue weighted by molar-refractivity contribution is 0.0832. The average molecular weight is 331 g/mol. The first-order valence-electron chi connectivity index (χ1n) is 7.05. The summed E-state index contributed by atoms with van der Waals surface area (Å²) >= 11 is 11.9. The van der Waals surface area contributed by atoms with Crippen molar-refractivity contribution in [1.82, 2.24) is 10.3 Å². The lowest BCUT2D eigenvalue weighted by atomic mass is 10.1. The molecule has 21 heavy (non-hydrogen) atoms. The van der Waals surface area contributed by atoms with Crippen molar-refractivity contribution >= 4 is 29.3 Å². The highest BCUT2D eigenvalue weighted by atomic mass is 35.5. The van der Waals surface area contributed by atoms with Gasteiger partial charge in [0.1, 0.15) is 16.4 Å². The number of aromatic nitrogens is 1. The van der Waals surface area contributed by atoms with Gasteiger partial charge in [0.15, 0.2) is 0 Å².